The summed E-state index contributed by atoms with van der Waals surface area (Å²) in [4.78, 5) is 37.6. The molecule has 0 saturated carbocycles. The first-order chi connectivity index (χ1) is 14.1. The van der Waals surface area contributed by atoms with Crippen molar-refractivity contribution < 1.29 is 14.3 Å². The number of aromatic nitrogens is 1. The summed E-state index contributed by atoms with van der Waals surface area (Å²) in [5.41, 5.74) is 1.93. The van der Waals surface area contributed by atoms with Crippen LogP contribution in [0.15, 0.2) is 77.6 Å². The molecule has 1 amide bonds. The molecule has 0 radical (unpaired) electrons. The van der Waals surface area contributed by atoms with Gasteiger partial charge in [0.1, 0.15) is 6.54 Å². The van der Waals surface area contributed by atoms with Crippen molar-refractivity contribution >= 4 is 39.4 Å². The Morgan fingerprint density at radius 2 is 1.41 bits per heavy atom. The summed E-state index contributed by atoms with van der Waals surface area (Å²) < 4.78 is 6.58. The molecule has 3 aromatic carbocycles. The van der Waals surface area contributed by atoms with Gasteiger partial charge >= 0.3 is 5.97 Å². The van der Waals surface area contributed by atoms with E-state index in [9.17, 15) is 14.4 Å². The van der Waals surface area contributed by atoms with E-state index in [1.165, 1.54) is 7.11 Å². The molecule has 0 saturated heterocycles. The summed E-state index contributed by atoms with van der Waals surface area (Å²) >= 11 is 0. The average Bonchev–Trinajstić information content (AvgIpc) is 2.76. The van der Waals surface area contributed by atoms with Gasteiger partial charge in [0.15, 0.2) is 5.43 Å². The predicted octanol–water partition coefficient (Wildman–Crippen LogP) is 3.58. The number of amides is 1. The summed E-state index contributed by atoms with van der Waals surface area (Å²) in [5, 5.41) is 3.88. The lowest BCUT2D eigenvalue weighted by atomic mass is 10.1. The molecule has 0 fully saturated rings. The lowest BCUT2D eigenvalue weighted by molar-refractivity contribution is -0.116. The molecule has 0 unspecified atom stereocenters. The third-order valence-corrected chi connectivity index (χ3v) is 4.79. The zero-order chi connectivity index (χ0) is 20.4. The van der Waals surface area contributed by atoms with Gasteiger partial charge in [-0.1, -0.05) is 36.4 Å². The van der Waals surface area contributed by atoms with Crippen molar-refractivity contribution in [2.24, 2.45) is 0 Å². The van der Waals surface area contributed by atoms with E-state index in [1.54, 1.807) is 48.5 Å². The fourth-order valence-corrected chi connectivity index (χ4v) is 3.46. The van der Waals surface area contributed by atoms with Gasteiger partial charge in [-0.15, -0.1) is 0 Å². The topological polar surface area (TPSA) is 77.4 Å². The molecule has 6 heteroatoms. The number of nitrogens with one attached hydrogen (secondary N) is 1. The minimum absolute atomic E-state index is 0.0171. The summed E-state index contributed by atoms with van der Waals surface area (Å²) in [6.45, 7) is -0.0171. The second kappa shape index (κ2) is 7.59. The Hall–Kier alpha value is -3.93. The molecule has 6 nitrogen and oxygen atoms in total. The Morgan fingerprint density at radius 1 is 0.862 bits per heavy atom. The minimum Gasteiger partial charge on any atom is -0.465 e. The molecule has 0 aliphatic carbocycles. The van der Waals surface area contributed by atoms with E-state index < -0.39 is 5.97 Å². The van der Waals surface area contributed by atoms with Crippen molar-refractivity contribution in [1.82, 2.24) is 4.57 Å². The number of fused-ring (bicyclic) bond motifs is 2. The Labute approximate surface area is 166 Å². The molecular formula is C23H18N2O4. The number of anilines is 1. The van der Waals surface area contributed by atoms with Crippen LogP contribution in [0.4, 0.5) is 5.69 Å². The number of benzene rings is 3. The van der Waals surface area contributed by atoms with E-state index in [2.05, 4.69) is 5.32 Å². The van der Waals surface area contributed by atoms with Crippen LogP contribution in [0.2, 0.25) is 0 Å². The normalized spacial score (nSPS) is 10.8. The Balaban J connectivity index is 1.77. The van der Waals surface area contributed by atoms with Crippen molar-refractivity contribution in [3.8, 4) is 0 Å². The third kappa shape index (κ3) is 3.36. The Morgan fingerprint density at radius 3 is 2.03 bits per heavy atom. The van der Waals surface area contributed by atoms with Crippen LogP contribution in [-0.4, -0.2) is 23.6 Å². The van der Waals surface area contributed by atoms with Crippen LogP contribution in [0.3, 0.4) is 0 Å². The average molecular weight is 386 g/mol. The zero-order valence-corrected chi connectivity index (χ0v) is 15.7. The van der Waals surface area contributed by atoms with E-state index >= 15 is 0 Å². The minimum atomic E-state index is -0.528. The van der Waals surface area contributed by atoms with Crippen LogP contribution in [0.5, 0.6) is 0 Å². The lowest BCUT2D eigenvalue weighted by Gasteiger charge is -2.16. The van der Waals surface area contributed by atoms with Crippen LogP contribution in [-0.2, 0) is 16.1 Å². The quantitative estimate of drug-likeness (QED) is 0.430. The smallest absolute Gasteiger partial charge is 0.339 e. The number of carbonyl (C=O) groups is 2. The lowest BCUT2D eigenvalue weighted by Crippen LogP contribution is -2.22. The first kappa shape index (κ1) is 18.4. The number of rotatable bonds is 4. The van der Waals surface area contributed by atoms with E-state index in [0.717, 1.165) is 0 Å². The number of hydrogen-bond donors (Lipinski definition) is 1. The highest BCUT2D eigenvalue weighted by molar-refractivity contribution is 6.02. The van der Waals surface area contributed by atoms with Gasteiger partial charge in [-0.05, 0) is 36.4 Å². The molecular weight excluding hydrogens is 368 g/mol. The van der Waals surface area contributed by atoms with E-state index in [1.807, 2.05) is 28.8 Å². The predicted molar refractivity (Wildman–Crippen MR) is 112 cm³/mol. The van der Waals surface area contributed by atoms with Gasteiger partial charge in [0.05, 0.1) is 29.4 Å². The van der Waals surface area contributed by atoms with Crippen molar-refractivity contribution in [1.29, 1.82) is 0 Å². The molecule has 29 heavy (non-hydrogen) atoms. The van der Waals surface area contributed by atoms with Crippen molar-refractivity contribution in [3.05, 3.63) is 88.6 Å². The molecule has 0 aliphatic heterocycles. The second-order valence-electron chi connectivity index (χ2n) is 6.53. The Bertz CT molecular complexity index is 1250. The van der Waals surface area contributed by atoms with Crippen LogP contribution in [0, 0.1) is 0 Å². The molecule has 1 N–H and O–H groups in total. The van der Waals surface area contributed by atoms with Gasteiger partial charge in [-0.25, -0.2) is 4.79 Å². The van der Waals surface area contributed by atoms with Gasteiger partial charge < -0.3 is 14.6 Å². The number of hydrogen-bond acceptors (Lipinski definition) is 4. The van der Waals surface area contributed by atoms with Gasteiger partial charge in [0.25, 0.3) is 0 Å². The monoisotopic (exact) mass is 386 g/mol. The number of carbonyl (C=O) groups excluding carboxylic acids is 2. The van der Waals surface area contributed by atoms with E-state index in [-0.39, 0.29) is 23.4 Å². The SMILES string of the molecule is COC(=O)c1ccccc1NC(=O)Cn1c2ccccc2c(=O)c2ccccc21. The first-order valence-electron chi connectivity index (χ1n) is 9.07. The molecule has 0 atom stereocenters. The molecule has 0 spiro atoms. The maximum Gasteiger partial charge on any atom is 0.339 e. The van der Waals surface area contributed by atoms with Crippen LogP contribution >= 0.6 is 0 Å². The molecule has 0 bridgehead atoms. The fraction of sp³-hybridized carbons (Fsp3) is 0.0870. The largest absolute Gasteiger partial charge is 0.465 e. The first-order valence-corrected chi connectivity index (χ1v) is 9.07. The second-order valence-corrected chi connectivity index (χ2v) is 6.53. The molecule has 4 aromatic rings. The molecule has 0 aliphatic rings. The standard InChI is InChI=1S/C23H18N2O4/c1-29-23(28)15-8-2-5-11-18(15)24-21(26)14-25-19-12-6-3-9-16(19)22(27)17-10-4-7-13-20(17)25/h2-13H,14H2,1H3,(H,24,26). The number of nitrogens with zero attached hydrogens (tertiary/aromatic N) is 1. The van der Waals surface area contributed by atoms with Crippen LogP contribution < -0.4 is 10.7 Å². The third-order valence-electron chi connectivity index (χ3n) is 4.79. The highest BCUT2D eigenvalue weighted by Gasteiger charge is 2.16. The molecule has 4 rings (SSSR count). The summed E-state index contributed by atoms with van der Waals surface area (Å²) in [7, 11) is 1.29. The number of ether oxygens (including phenoxy) is 1. The maximum atomic E-state index is 12.9. The molecule has 1 aromatic heterocycles. The highest BCUT2D eigenvalue weighted by Crippen LogP contribution is 2.20. The number of para-hydroxylation sites is 3. The zero-order valence-electron chi connectivity index (χ0n) is 15.7. The molecule has 144 valence electrons. The Kier molecular flexibility index (Phi) is 4.83. The van der Waals surface area contributed by atoms with Crippen molar-refractivity contribution in [2.75, 3.05) is 12.4 Å². The fourth-order valence-electron chi connectivity index (χ4n) is 3.46. The van der Waals surface area contributed by atoms with Gasteiger partial charge in [-0.3, -0.25) is 9.59 Å². The van der Waals surface area contributed by atoms with Crippen LogP contribution in [0.25, 0.3) is 21.8 Å². The van der Waals surface area contributed by atoms with Gasteiger partial charge in [0, 0.05) is 10.8 Å². The number of pyridine rings is 1. The van der Waals surface area contributed by atoms with Gasteiger partial charge in [-0.2, -0.15) is 0 Å². The summed E-state index contributed by atoms with van der Waals surface area (Å²) in [6, 6.07) is 21.1. The molecule has 1 heterocycles. The number of methoxy groups -OCH3 is 1. The van der Waals surface area contributed by atoms with Crippen molar-refractivity contribution in [2.45, 2.75) is 6.54 Å². The summed E-state index contributed by atoms with van der Waals surface area (Å²) in [6.07, 6.45) is 0. The highest BCUT2D eigenvalue weighted by atomic mass is 16.5. The van der Waals surface area contributed by atoms with Crippen LogP contribution in [0.1, 0.15) is 10.4 Å². The van der Waals surface area contributed by atoms with Gasteiger partial charge in [0.2, 0.25) is 5.91 Å². The van der Waals surface area contributed by atoms with Crippen molar-refractivity contribution in [3.63, 3.8) is 0 Å². The van der Waals surface area contributed by atoms with E-state index in [4.69, 9.17) is 4.74 Å². The summed E-state index contributed by atoms with van der Waals surface area (Å²) in [5.74, 6) is -0.847. The van der Waals surface area contributed by atoms with E-state index in [0.29, 0.717) is 27.5 Å². The number of esters is 1. The maximum absolute atomic E-state index is 12.9.